The van der Waals surface area contributed by atoms with Crippen molar-refractivity contribution >= 4 is 5.71 Å². The number of allylic oxidation sites excluding steroid dienone is 3. The highest BCUT2D eigenvalue weighted by Gasteiger charge is 2.59. The van der Waals surface area contributed by atoms with Crippen molar-refractivity contribution < 1.29 is 4.84 Å². The molecule has 0 heterocycles. The van der Waals surface area contributed by atoms with Gasteiger partial charge in [-0.15, -0.1) is 0 Å². The molecule has 0 N–H and O–H groups in total. The van der Waals surface area contributed by atoms with Gasteiger partial charge in [0.15, 0.2) is 0 Å². The molecule has 3 fully saturated rings. The summed E-state index contributed by atoms with van der Waals surface area (Å²) in [7, 11) is 0. The van der Waals surface area contributed by atoms with E-state index in [-0.39, 0.29) is 0 Å². The fraction of sp³-hybridized carbons (Fsp3) is 0.720. The normalized spacial score (nSPS) is 43.1. The summed E-state index contributed by atoms with van der Waals surface area (Å²) >= 11 is 0. The zero-order valence-electron chi connectivity index (χ0n) is 18.0. The summed E-state index contributed by atoms with van der Waals surface area (Å²) in [6.45, 7) is 17.3. The van der Waals surface area contributed by atoms with Gasteiger partial charge in [0, 0.05) is 5.92 Å². The molecule has 0 aromatic rings. The molecule has 0 aromatic heterocycles. The van der Waals surface area contributed by atoms with Crippen molar-refractivity contribution in [2.45, 2.75) is 79.1 Å². The minimum absolute atomic E-state index is 0.341. The third-order valence-corrected chi connectivity index (χ3v) is 8.59. The van der Waals surface area contributed by atoms with E-state index in [9.17, 15) is 0 Å². The van der Waals surface area contributed by atoms with Crippen molar-refractivity contribution in [3.05, 3.63) is 37.1 Å². The Morgan fingerprint density at radius 2 is 2.00 bits per heavy atom. The fourth-order valence-corrected chi connectivity index (χ4v) is 7.53. The molecule has 0 radical (unpaired) electrons. The average Bonchev–Trinajstić information content (AvgIpc) is 3.08. The van der Waals surface area contributed by atoms with E-state index in [4.69, 9.17) is 4.84 Å². The maximum Gasteiger partial charge on any atom is 0.114 e. The lowest BCUT2D eigenvalue weighted by Gasteiger charge is -2.60. The van der Waals surface area contributed by atoms with Gasteiger partial charge < -0.3 is 4.84 Å². The van der Waals surface area contributed by atoms with E-state index in [1.165, 1.54) is 63.3 Å². The number of fused-ring (bicyclic) bond motifs is 3. The summed E-state index contributed by atoms with van der Waals surface area (Å²) in [5.74, 6) is 3.00. The van der Waals surface area contributed by atoms with Crippen LogP contribution in [0.4, 0.5) is 0 Å². The number of nitrogens with zero attached hydrogens (tertiary/aromatic N) is 1. The Labute approximate surface area is 166 Å². The SMILES string of the molecule is C=C/C=C1/CCC2(C)C3CCC(/C(C)=N/OC=C)C3CCC2C1(C)CCC. The van der Waals surface area contributed by atoms with E-state index in [1.54, 1.807) is 5.57 Å². The zero-order chi connectivity index (χ0) is 19.7. The Morgan fingerprint density at radius 1 is 1.22 bits per heavy atom. The molecule has 6 atom stereocenters. The third-order valence-electron chi connectivity index (χ3n) is 8.59. The lowest BCUT2D eigenvalue weighted by molar-refractivity contribution is -0.0753. The molecule has 3 saturated carbocycles. The van der Waals surface area contributed by atoms with Crippen LogP contribution in [-0.2, 0) is 4.84 Å². The Bertz CT molecular complexity index is 632. The summed E-state index contributed by atoms with van der Waals surface area (Å²) in [4.78, 5) is 5.16. The molecule has 150 valence electrons. The molecule has 2 nitrogen and oxygen atoms in total. The van der Waals surface area contributed by atoms with Crippen LogP contribution in [0.1, 0.15) is 79.1 Å². The molecule has 6 unspecified atom stereocenters. The van der Waals surface area contributed by atoms with Crippen molar-refractivity contribution in [3.8, 4) is 0 Å². The largest absolute Gasteiger partial charge is 0.366 e. The highest BCUT2D eigenvalue weighted by molar-refractivity contribution is 5.84. The van der Waals surface area contributed by atoms with Gasteiger partial charge in [0.1, 0.15) is 6.26 Å². The van der Waals surface area contributed by atoms with Gasteiger partial charge in [-0.05, 0) is 80.5 Å². The van der Waals surface area contributed by atoms with E-state index in [2.05, 4.69) is 52.1 Å². The van der Waals surface area contributed by atoms with Gasteiger partial charge in [-0.3, -0.25) is 0 Å². The minimum Gasteiger partial charge on any atom is -0.366 e. The number of rotatable bonds is 6. The van der Waals surface area contributed by atoms with Crippen LogP contribution < -0.4 is 0 Å². The molecule has 0 spiro atoms. The molecule has 0 amide bonds. The number of oxime groups is 1. The van der Waals surface area contributed by atoms with Gasteiger partial charge in [0.05, 0.1) is 5.71 Å². The summed E-state index contributed by atoms with van der Waals surface area (Å²) in [5.41, 5.74) is 3.63. The van der Waals surface area contributed by atoms with E-state index < -0.39 is 0 Å². The quantitative estimate of drug-likeness (QED) is 0.273. The first-order valence-electron chi connectivity index (χ1n) is 11.1. The van der Waals surface area contributed by atoms with Crippen molar-refractivity contribution in [2.75, 3.05) is 0 Å². The van der Waals surface area contributed by atoms with Crippen molar-refractivity contribution in [1.29, 1.82) is 0 Å². The van der Waals surface area contributed by atoms with Gasteiger partial charge >= 0.3 is 0 Å². The molecular formula is C25H39NO. The Morgan fingerprint density at radius 3 is 2.67 bits per heavy atom. The predicted molar refractivity (Wildman–Crippen MR) is 115 cm³/mol. The first-order valence-corrected chi connectivity index (χ1v) is 11.1. The molecule has 3 aliphatic rings. The maximum absolute atomic E-state index is 5.16. The molecule has 2 heteroatoms. The first-order chi connectivity index (χ1) is 12.9. The van der Waals surface area contributed by atoms with Crippen LogP contribution in [0.15, 0.2) is 42.3 Å². The van der Waals surface area contributed by atoms with Crippen LogP contribution in [-0.4, -0.2) is 5.71 Å². The molecule has 0 saturated heterocycles. The Kier molecular flexibility index (Phi) is 6.03. The molecule has 0 aromatic carbocycles. The van der Waals surface area contributed by atoms with E-state index in [0.29, 0.717) is 16.7 Å². The van der Waals surface area contributed by atoms with Crippen LogP contribution in [0.25, 0.3) is 0 Å². The summed E-state index contributed by atoms with van der Waals surface area (Å²) in [5, 5.41) is 4.32. The van der Waals surface area contributed by atoms with E-state index in [0.717, 1.165) is 17.8 Å². The standard InChI is InChI=1S/C25H39NO/c1-7-10-19-15-17-25(6)22-13-11-20(18(4)26-27-9-3)21(22)12-14-23(25)24(19,5)16-8-2/h7,9-10,20-23H,1,3,8,11-17H2,2,4-6H3/b19-10-,26-18+. The van der Waals surface area contributed by atoms with Crippen LogP contribution >= 0.6 is 0 Å². The van der Waals surface area contributed by atoms with Crippen molar-refractivity contribution in [1.82, 2.24) is 0 Å². The molecule has 3 rings (SSSR count). The highest BCUT2D eigenvalue weighted by Crippen LogP contribution is 2.67. The Hall–Kier alpha value is -1.31. The second-order valence-electron chi connectivity index (χ2n) is 9.69. The zero-order valence-corrected chi connectivity index (χ0v) is 18.0. The van der Waals surface area contributed by atoms with Crippen molar-refractivity contribution in [2.24, 2.45) is 39.7 Å². The second kappa shape index (κ2) is 7.97. The van der Waals surface area contributed by atoms with Crippen LogP contribution in [0.2, 0.25) is 0 Å². The summed E-state index contributed by atoms with van der Waals surface area (Å²) in [6, 6.07) is 0. The smallest absolute Gasteiger partial charge is 0.114 e. The predicted octanol–water partition coefficient (Wildman–Crippen LogP) is 7.29. The monoisotopic (exact) mass is 369 g/mol. The molecule has 0 bridgehead atoms. The third kappa shape index (κ3) is 3.34. The van der Waals surface area contributed by atoms with E-state index in [1.807, 2.05) is 6.08 Å². The van der Waals surface area contributed by atoms with Crippen molar-refractivity contribution in [3.63, 3.8) is 0 Å². The maximum atomic E-state index is 5.16. The lowest BCUT2D eigenvalue weighted by atomic mass is 9.44. The van der Waals surface area contributed by atoms with Crippen LogP contribution in [0.3, 0.4) is 0 Å². The molecule has 27 heavy (non-hydrogen) atoms. The minimum atomic E-state index is 0.341. The van der Waals surface area contributed by atoms with Gasteiger partial charge in [-0.1, -0.05) is 63.2 Å². The summed E-state index contributed by atoms with van der Waals surface area (Å²) < 4.78 is 0. The van der Waals surface area contributed by atoms with Crippen LogP contribution in [0.5, 0.6) is 0 Å². The molecule has 3 aliphatic carbocycles. The number of hydrogen-bond acceptors (Lipinski definition) is 2. The molecular weight excluding hydrogens is 330 g/mol. The van der Waals surface area contributed by atoms with Gasteiger partial charge in [0.2, 0.25) is 0 Å². The van der Waals surface area contributed by atoms with Gasteiger partial charge in [-0.25, -0.2) is 0 Å². The molecule has 0 aliphatic heterocycles. The van der Waals surface area contributed by atoms with Gasteiger partial charge in [-0.2, -0.15) is 0 Å². The lowest BCUT2D eigenvalue weighted by Crippen LogP contribution is -2.52. The first kappa shape index (κ1) is 20.4. The van der Waals surface area contributed by atoms with Gasteiger partial charge in [0.25, 0.3) is 0 Å². The fourth-order valence-electron chi connectivity index (χ4n) is 7.53. The topological polar surface area (TPSA) is 21.6 Å². The highest BCUT2D eigenvalue weighted by atomic mass is 16.6. The number of hydrogen-bond donors (Lipinski definition) is 0. The van der Waals surface area contributed by atoms with E-state index >= 15 is 0 Å². The van der Waals surface area contributed by atoms with Crippen LogP contribution in [0, 0.1) is 34.5 Å². The Balaban J connectivity index is 1.90. The summed E-state index contributed by atoms with van der Waals surface area (Å²) in [6.07, 6.45) is 16.3. The average molecular weight is 370 g/mol. The second-order valence-corrected chi connectivity index (χ2v) is 9.69.